The number of benzene rings is 1. The van der Waals surface area contributed by atoms with Crippen molar-refractivity contribution >= 4 is 23.6 Å². The number of halogens is 1. The van der Waals surface area contributed by atoms with Gasteiger partial charge in [-0.3, -0.25) is 14.6 Å². The van der Waals surface area contributed by atoms with Gasteiger partial charge in [0, 0.05) is 49.9 Å². The maximum atomic E-state index is 12.0. The second kappa shape index (κ2) is 6.91. The first kappa shape index (κ1) is 16.3. The minimum absolute atomic E-state index is 0.0372. The van der Waals surface area contributed by atoms with Crippen LogP contribution in [0.4, 0.5) is 0 Å². The first-order valence-corrected chi connectivity index (χ1v) is 8.30. The lowest BCUT2D eigenvalue weighted by Gasteiger charge is -2.43. The van der Waals surface area contributed by atoms with Crippen molar-refractivity contribution in [1.29, 1.82) is 0 Å². The first-order chi connectivity index (χ1) is 11.0. The minimum Gasteiger partial charge on any atom is -0.507 e. The van der Waals surface area contributed by atoms with Gasteiger partial charge in [0.1, 0.15) is 11.8 Å². The number of aromatic hydroxyl groups is 1. The Hall–Kier alpha value is -1.56. The SMILES string of the molecule is C/C(=C\c1cc(Cl)ccc1O)CN1CCN2CCNC(=O)C2C1. The van der Waals surface area contributed by atoms with Crippen molar-refractivity contribution < 1.29 is 9.90 Å². The smallest absolute Gasteiger partial charge is 0.238 e. The number of phenols is 1. The minimum atomic E-state index is -0.0372. The molecule has 2 saturated heterocycles. The predicted molar refractivity (Wildman–Crippen MR) is 91.6 cm³/mol. The van der Waals surface area contributed by atoms with Crippen LogP contribution in [0.15, 0.2) is 23.8 Å². The normalized spacial score (nSPS) is 23.5. The summed E-state index contributed by atoms with van der Waals surface area (Å²) in [6.07, 6.45) is 1.95. The van der Waals surface area contributed by atoms with Crippen molar-refractivity contribution in [3.05, 3.63) is 34.4 Å². The average molecular weight is 336 g/mol. The van der Waals surface area contributed by atoms with E-state index in [-0.39, 0.29) is 17.7 Å². The number of nitrogens with zero attached hydrogens (tertiary/aromatic N) is 2. The van der Waals surface area contributed by atoms with Crippen molar-refractivity contribution in [3.8, 4) is 5.75 Å². The van der Waals surface area contributed by atoms with E-state index in [1.165, 1.54) is 0 Å². The molecule has 124 valence electrons. The van der Waals surface area contributed by atoms with Crippen LogP contribution in [0.1, 0.15) is 12.5 Å². The molecule has 3 rings (SSSR count). The third-order valence-electron chi connectivity index (χ3n) is 4.44. The molecule has 0 radical (unpaired) electrons. The standard InChI is InChI=1S/C17H22ClN3O2/c1-12(8-13-9-14(18)2-3-16(13)22)10-20-6-7-21-5-4-19-17(23)15(21)11-20/h2-3,8-9,15,22H,4-7,10-11H2,1H3,(H,19,23)/b12-8+. The molecule has 0 spiro atoms. The molecule has 1 amide bonds. The summed E-state index contributed by atoms with van der Waals surface area (Å²) in [7, 11) is 0. The molecule has 1 aromatic rings. The van der Waals surface area contributed by atoms with Crippen LogP contribution < -0.4 is 5.32 Å². The Balaban J connectivity index is 1.66. The predicted octanol–water partition coefficient (Wildman–Crippen LogP) is 1.56. The van der Waals surface area contributed by atoms with Crippen molar-refractivity contribution in [2.45, 2.75) is 13.0 Å². The molecule has 0 bridgehead atoms. The number of amides is 1. The van der Waals surface area contributed by atoms with E-state index < -0.39 is 0 Å². The van der Waals surface area contributed by atoms with Gasteiger partial charge in [0.05, 0.1) is 0 Å². The van der Waals surface area contributed by atoms with E-state index in [1.54, 1.807) is 18.2 Å². The lowest BCUT2D eigenvalue weighted by atomic mass is 10.1. The summed E-state index contributed by atoms with van der Waals surface area (Å²) in [5, 5.41) is 13.4. The van der Waals surface area contributed by atoms with Gasteiger partial charge in [0.15, 0.2) is 0 Å². The zero-order valence-electron chi connectivity index (χ0n) is 13.3. The molecular formula is C17H22ClN3O2. The lowest BCUT2D eigenvalue weighted by molar-refractivity contribution is -0.131. The fourth-order valence-electron chi connectivity index (χ4n) is 3.28. The van der Waals surface area contributed by atoms with E-state index in [4.69, 9.17) is 11.6 Å². The number of carbonyl (C=O) groups is 1. The first-order valence-electron chi connectivity index (χ1n) is 7.93. The van der Waals surface area contributed by atoms with Crippen LogP contribution >= 0.6 is 11.6 Å². The fourth-order valence-corrected chi connectivity index (χ4v) is 3.46. The number of nitrogens with one attached hydrogen (secondary N) is 1. The molecule has 2 aliphatic heterocycles. The van der Waals surface area contributed by atoms with Crippen molar-refractivity contribution in [3.63, 3.8) is 0 Å². The van der Waals surface area contributed by atoms with E-state index in [0.717, 1.165) is 50.4 Å². The molecule has 0 saturated carbocycles. The van der Waals surface area contributed by atoms with Crippen LogP contribution in [-0.4, -0.2) is 66.1 Å². The summed E-state index contributed by atoms with van der Waals surface area (Å²) in [5.41, 5.74) is 1.86. The fraction of sp³-hybridized carbons (Fsp3) is 0.471. The maximum absolute atomic E-state index is 12.0. The van der Waals surface area contributed by atoms with Crippen LogP contribution in [-0.2, 0) is 4.79 Å². The highest BCUT2D eigenvalue weighted by Gasteiger charge is 2.34. The Morgan fingerprint density at radius 2 is 2.26 bits per heavy atom. The Kier molecular flexibility index (Phi) is 4.90. The van der Waals surface area contributed by atoms with E-state index in [9.17, 15) is 9.90 Å². The molecule has 0 aromatic heterocycles. The highest BCUT2D eigenvalue weighted by Crippen LogP contribution is 2.24. The number of carbonyl (C=O) groups excluding carboxylic acids is 1. The Bertz CT molecular complexity index is 632. The van der Waals surface area contributed by atoms with Crippen molar-refractivity contribution in [2.24, 2.45) is 0 Å². The molecule has 1 atom stereocenters. The monoisotopic (exact) mass is 335 g/mol. The van der Waals surface area contributed by atoms with E-state index >= 15 is 0 Å². The van der Waals surface area contributed by atoms with Crippen LogP contribution in [0.25, 0.3) is 6.08 Å². The topological polar surface area (TPSA) is 55.8 Å². The van der Waals surface area contributed by atoms with Gasteiger partial charge < -0.3 is 10.4 Å². The van der Waals surface area contributed by atoms with Gasteiger partial charge in [0.25, 0.3) is 0 Å². The second-order valence-corrected chi connectivity index (χ2v) is 6.71. The van der Waals surface area contributed by atoms with E-state index in [0.29, 0.717) is 5.02 Å². The summed E-state index contributed by atoms with van der Waals surface area (Å²) in [6, 6.07) is 4.99. The zero-order chi connectivity index (χ0) is 16.4. The number of piperazine rings is 2. The highest BCUT2D eigenvalue weighted by atomic mass is 35.5. The van der Waals surface area contributed by atoms with Gasteiger partial charge in [-0.15, -0.1) is 0 Å². The molecule has 2 heterocycles. The quantitative estimate of drug-likeness (QED) is 0.880. The Morgan fingerprint density at radius 3 is 3.09 bits per heavy atom. The van der Waals surface area contributed by atoms with Crippen LogP contribution in [0.5, 0.6) is 5.75 Å². The molecule has 5 nitrogen and oxygen atoms in total. The van der Waals surface area contributed by atoms with Crippen LogP contribution in [0.2, 0.25) is 5.02 Å². The van der Waals surface area contributed by atoms with E-state index in [1.807, 2.05) is 13.0 Å². The number of hydrogen-bond donors (Lipinski definition) is 2. The van der Waals surface area contributed by atoms with Gasteiger partial charge in [-0.25, -0.2) is 0 Å². The van der Waals surface area contributed by atoms with Crippen molar-refractivity contribution in [2.75, 3.05) is 39.3 Å². The van der Waals surface area contributed by atoms with Gasteiger partial charge in [0.2, 0.25) is 5.91 Å². The van der Waals surface area contributed by atoms with E-state index in [2.05, 4.69) is 15.1 Å². The largest absolute Gasteiger partial charge is 0.507 e. The highest BCUT2D eigenvalue weighted by molar-refractivity contribution is 6.30. The molecule has 2 fully saturated rings. The third kappa shape index (κ3) is 3.86. The van der Waals surface area contributed by atoms with Gasteiger partial charge in [-0.05, 0) is 25.1 Å². The summed E-state index contributed by atoms with van der Waals surface area (Å²) in [6.45, 7) is 7.14. The summed E-state index contributed by atoms with van der Waals surface area (Å²) in [4.78, 5) is 16.5. The maximum Gasteiger partial charge on any atom is 0.238 e. The van der Waals surface area contributed by atoms with Gasteiger partial charge in [-0.1, -0.05) is 23.3 Å². The lowest BCUT2D eigenvalue weighted by Crippen LogP contribution is -2.63. The molecule has 2 N–H and O–H groups in total. The van der Waals surface area contributed by atoms with Crippen LogP contribution in [0.3, 0.4) is 0 Å². The summed E-state index contributed by atoms with van der Waals surface area (Å²) >= 11 is 5.98. The molecule has 6 heteroatoms. The van der Waals surface area contributed by atoms with Gasteiger partial charge in [-0.2, -0.15) is 0 Å². The molecule has 1 aromatic carbocycles. The van der Waals surface area contributed by atoms with Crippen LogP contribution in [0, 0.1) is 0 Å². The molecular weight excluding hydrogens is 314 g/mol. The number of hydrogen-bond acceptors (Lipinski definition) is 4. The second-order valence-electron chi connectivity index (χ2n) is 6.27. The zero-order valence-corrected chi connectivity index (χ0v) is 14.0. The third-order valence-corrected chi connectivity index (χ3v) is 4.68. The summed E-state index contributed by atoms with van der Waals surface area (Å²) in [5.74, 6) is 0.361. The molecule has 23 heavy (non-hydrogen) atoms. The Labute approximate surface area is 141 Å². The summed E-state index contributed by atoms with van der Waals surface area (Å²) < 4.78 is 0. The number of rotatable bonds is 3. The molecule has 1 unspecified atom stereocenters. The average Bonchev–Trinajstić information content (AvgIpc) is 2.52. The number of fused-ring (bicyclic) bond motifs is 1. The molecule has 0 aliphatic carbocycles. The van der Waals surface area contributed by atoms with Crippen molar-refractivity contribution in [1.82, 2.24) is 15.1 Å². The number of phenolic OH excluding ortho intramolecular Hbond substituents is 1. The molecule has 2 aliphatic rings. The Morgan fingerprint density at radius 1 is 1.43 bits per heavy atom. The van der Waals surface area contributed by atoms with Gasteiger partial charge >= 0.3 is 0 Å².